The lowest BCUT2D eigenvalue weighted by Crippen LogP contribution is -2.15. The van der Waals surface area contributed by atoms with Crippen molar-refractivity contribution in [2.75, 3.05) is 0 Å². The third-order valence-corrected chi connectivity index (χ3v) is 3.90. The quantitative estimate of drug-likeness (QED) is 0.548. The highest BCUT2D eigenvalue weighted by Gasteiger charge is 2.19. The SMILES string of the molecule is CC(C)CCCC(C)C1CCCCC1.[HH].[HH]. The van der Waals surface area contributed by atoms with Gasteiger partial charge in [-0.15, -0.1) is 0 Å². The van der Waals surface area contributed by atoms with E-state index in [-0.39, 0.29) is 2.85 Å². The van der Waals surface area contributed by atoms with E-state index >= 15 is 0 Å². The molecule has 0 nitrogen and oxygen atoms in total. The van der Waals surface area contributed by atoms with Crippen LogP contribution in [0, 0.1) is 17.8 Å². The fourth-order valence-electron chi connectivity index (χ4n) is 2.79. The number of rotatable bonds is 5. The van der Waals surface area contributed by atoms with Crippen LogP contribution < -0.4 is 0 Å². The van der Waals surface area contributed by atoms with Gasteiger partial charge in [-0.1, -0.05) is 72.1 Å². The minimum absolute atomic E-state index is 0. The van der Waals surface area contributed by atoms with Crippen molar-refractivity contribution in [1.29, 1.82) is 0 Å². The number of hydrogen-bond acceptors (Lipinski definition) is 0. The predicted octanol–water partition coefficient (Wildman–Crippen LogP) is 5.52. The molecule has 0 amide bonds. The Hall–Kier alpha value is 0. The van der Waals surface area contributed by atoms with Gasteiger partial charge in [0.2, 0.25) is 0 Å². The van der Waals surface area contributed by atoms with Gasteiger partial charge in [0.15, 0.2) is 0 Å². The molecule has 1 rings (SSSR count). The zero-order chi connectivity index (χ0) is 10.4. The van der Waals surface area contributed by atoms with Crippen LogP contribution in [-0.2, 0) is 0 Å². The Labute approximate surface area is 93.4 Å². The summed E-state index contributed by atoms with van der Waals surface area (Å²) in [5.41, 5.74) is 0. The summed E-state index contributed by atoms with van der Waals surface area (Å²) >= 11 is 0. The Balaban J connectivity index is 0. The lowest BCUT2D eigenvalue weighted by atomic mass is 9.78. The third-order valence-electron chi connectivity index (χ3n) is 3.90. The molecule has 0 bridgehead atoms. The molecular formula is C14H32. The minimum atomic E-state index is 0. The molecule has 1 fully saturated rings. The van der Waals surface area contributed by atoms with E-state index in [0.717, 1.165) is 17.8 Å². The predicted molar refractivity (Wildman–Crippen MR) is 68.7 cm³/mol. The highest BCUT2D eigenvalue weighted by atomic mass is 14.2. The van der Waals surface area contributed by atoms with Gasteiger partial charge in [0.05, 0.1) is 0 Å². The topological polar surface area (TPSA) is 0 Å². The van der Waals surface area contributed by atoms with Gasteiger partial charge in [-0.05, 0) is 17.8 Å². The Bertz CT molecular complexity index is 140. The molecule has 0 heteroatoms. The van der Waals surface area contributed by atoms with Crippen molar-refractivity contribution < 1.29 is 2.85 Å². The van der Waals surface area contributed by atoms with E-state index in [0.29, 0.717) is 0 Å². The first-order valence-corrected chi connectivity index (χ1v) is 6.70. The van der Waals surface area contributed by atoms with Crippen LogP contribution >= 0.6 is 0 Å². The zero-order valence-corrected chi connectivity index (χ0v) is 10.4. The second-order valence-corrected chi connectivity index (χ2v) is 5.70. The molecule has 1 aliphatic carbocycles. The van der Waals surface area contributed by atoms with Crippen LogP contribution in [0.15, 0.2) is 0 Å². The summed E-state index contributed by atoms with van der Waals surface area (Å²) in [6.45, 7) is 7.16. The van der Waals surface area contributed by atoms with Gasteiger partial charge in [0.1, 0.15) is 0 Å². The Morgan fingerprint density at radius 1 is 1.00 bits per heavy atom. The fraction of sp³-hybridized carbons (Fsp3) is 1.00. The largest absolute Gasteiger partial charge is 0.0628 e. The smallest absolute Gasteiger partial charge is 0 e. The van der Waals surface area contributed by atoms with Crippen LogP contribution in [0.25, 0.3) is 0 Å². The standard InChI is InChI=1S/C14H28.2H2/c1-12(2)8-7-9-13(3)14-10-5-4-6-11-14;;/h12-14H,4-11H2,1-3H3;2*1H. The molecule has 0 aromatic heterocycles. The number of hydrogen-bond donors (Lipinski definition) is 0. The van der Waals surface area contributed by atoms with Crippen LogP contribution in [0.3, 0.4) is 0 Å². The molecule has 14 heavy (non-hydrogen) atoms. The Morgan fingerprint density at radius 3 is 2.21 bits per heavy atom. The first-order chi connectivity index (χ1) is 6.70. The van der Waals surface area contributed by atoms with E-state index in [1.54, 1.807) is 0 Å². The van der Waals surface area contributed by atoms with Crippen molar-refractivity contribution in [2.24, 2.45) is 17.8 Å². The lowest BCUT2D eigenvalue weighted by Gasteiger charge is -2.27. The van der Waals surface area contributed by atoms with Gasteiger partial charge in [-0.3, -0.25) is 0 Å². The van der Waals surface area contributed by atoms with Crippen molar-refractivity contribution >= 4 is 0 Å². The molecule has 0 saturated heterocycles. The van der Waals surface area contributed by atoms with Gasteiger partial charge in [-0.2, -0.15) is 0 Å². The lowest BCUT2D eigenvalue weighted by molar-refractivity contribution is 0.245. The van der Waals surface area contributed by atoms with Crippen LogP contribution in [0.5, 0.6) is 0 Å². The first-order valence-electron chi connectivity index (χ1n) is 6.70. The van der Waals surface area contributed by atoms with E-state index in [4.69, 9.17) is 0 Å². The van der Waals surface area contributed by atoms with Gasteiger partial charge >= 0.3 is 0 Å². The second kappa shape index (κ2) is 6.48. The van der Waals surface area contributed by atoms with E-state index in [1.165, 1.54) is 51.4 Å². The van der Waals surface area contributed by atoms with Crippen LogP contribution in [-0.4, -0.2) is 0 Å². The van der Waals surface area contributed by atoms with Gasteiger partial charge in [0.25, 0.3) is 0 Å². The molecule has 1 saturated carbocycles. The highest BCUT2D eigenvalue weighted by Crippen LogP contribution is 2.32. The van der Waals surface area contributed by atoms with Crippen molar-refractivity contribution in [3.63, 3.8) is 0 Å². The van der Waals surface area contributed by atoms with Crippen LogP contribution in [0.1, 0.15) is 75.0 Å². The maximum atomic E-state index is 2.48. The summed E-state index contributed by atoms with van der Waals surface area (Å²) in [4.78, 5) is 0. The summed E-state index contributed by atoms with van der Waals surface area (Å²) in [6, 6.07) is 0. The average molecular weight is 200 g/mol. The molecule has 0 heterocycles. The molecule has 0 aromatic carbocycles. The summed E-state index contributed by atoms with van der Waals surface area (Å²) in [6.07, 6.45) is 11.9. The summed E-state index contributed by atoms with van der Waals surface area (Å²) < 4.78 is 0. The zero-order valence-electron chi connectivity index (χ0n) is 10.4. The maximum absolute atomic E-state index is 2.48. The molecule has 1 unspecified atom stereocenters. The van der Waals surface area contributed by atoms with E-state index < -0.39 is 0 Å². The molecule has 0 aliphatic heterocycles. The highest BCUT2D eigenvalue weighted by molar-refractivity contribution is 4.71. The molecule has 0 spiro atoms. The maximum Gasteiger partial charge on any atom is 0 e. The third kappa shape index (κ3) is 4.48. The normalized spacial score (nSPS) is 21.4. The molecule has 1 aliphatic rings. The Morgan fingerprint density at radius 2 is 1.64 bits per heavy atom. The van der Waals surface area contributed by atoms with Crippen LogP contribution in [0.2, 0.25) is 0 Å². The molecule has 0 radical (unpaired) electrons. The molecule has 1 atom stereocenters. The van der Waals surface area contributed by atoms with E-state index in [9.17, 15) is 0 Å². The minimum Gasteiger partial charge on any atom is -0.0628 e. The van der Waals surface area contributed by atoms with Crippen molar-refractivity contribution in [3.8, 4) is 0 Å². The Kier molecular flexibility index (Phi) is 5.59. The van der Waals surface area contributed by atoms with Gasteiger partial charge in [0, 0.05) is 2.85 Å². The molecular weight excluding hydrogens is 168 g/mol. The van der Waals surface area contributed by atoms with Crippen LogP contribution in [0.4, 0.5) is 0 Å². The average Bonchev–Trinajstić information content (AvgIpc) is 2.18. The van der Waals surface area contributed by atoms with Gasteiger partial charge in [-0.25, -0.2) is 0 Å². The monoisotopic (exact) mass is 200 g/mol. The molecule has 88 valence electrons. The van der Waals surface area contributed by atoms with Crippen molar-refractivity contribution in [3.05, 3.63) is 0 Å². The van der Waals surface area contributed by atoms with E-state index in [1.807, 2.05) is 0 Å². The second-order valence-electron chi connectivity index (χ2n) is 5.70. The molecule has 0 N–H and O–H groups in total. The van der Waals surface area contributed by atoms with Crippen molar-refractivity contribution in [2.45, 2.75) is 72.1 Å². The fourth-order valence-corrected chi connectivity index (χ4v) is 2.79. The summed E-state index contributed by atoms with van der Waals surface area (Å²) in [5, 5.41) is 0. The van der Waals surface area contributed by atoms with E-state index in [2.05, 4.69) is 20.8 Å². The van der Waals surface area contributed by atoms with Crippen molar-refractivity contribution in [1.82, 2.24) is 0 Å². The first kappa shape index (κ1) is 12.1. The summed E-state index contributed by atoms with van der Waals surface area (Å²) in [5.74, 6) is 2.96. The summed E-state index contributed by atoms with van der Waals surface area (Å²) in [7, 11) is 0. The molecule has 0 aromatic rings. The van der Waals surface area contributed by atoms with Gasteiger partial charge < -0.3 is 0 Å².